The van der Waals surface area contributed by atoms with E-state index in [1.807, 2.05) is 24.3 Å². The normalized spacial score (nSPS) is 13.5. The molecule has 0 saturated heterocycles. The van der Waals surface area contributed by atoms with Gasteiger partial charge in [-0.15, -0.1) is 11.8 Å². The number of rotatable bonds is 5. The predicted octanol–water partition coefficient (Wildman–Crippen LogP) is 4.66. The average Bonchev–Trinajstić information content (AvgIpc) is 2.60. The maximum absolute atomic E-state index is 13.0. The van der Waals surface area contributed by atoms with Gasteiger partial charge in [0.05, 0.1) is 17.2 Å². The minimum Gasteiger partial charge on any atom is -0.379 e. The molecule has 2 rings (SSSR count). The highest BCUT2D eigenvalue weighted by atomic mass is 127. The van der Waals surface area contributed by atoms with Gasteiger partial charge in [0, 0.05) is 19.9 Å². The van der Waals surface area contributed by atoms with Gasteiger partial charge in [0.25, 0.3) is 5.91 Å². The number of hydrogen-bond acceptors (Lipinski definition) is 4. The van der Waals surface area contributed by atoms with Crippen molar-refractivity contribution in [3.63, 3.8) is 0 Å². The number of thioether (sulfide) groups is 1. The van der Waals surface area contributed by atoms with Gasteiger partial charge in [0.15, 0.2) is 0 Å². The Morgan fingerprint density at radius 3 is 2.44 bits per heavy atom. The van der Waals surface area contributed by atoms with E-state index in [1.54, 1.807) is 0 Å². The molecule has 27 heavy (non-hydrogen) atoms. The van der Waals surface area contributed by atoms with Crippen molar-refractivity contribution in [3.05, 3.63) is 57.2 Å². The van der Waals surface area contributed by atoms with Gasteiger partial charge in [-0.05, 0) is 72.0 Å². The van der Waals surface area contributed by atoms with Gasteiger partial charge in [-0.1, -0.05) is 0 Å². The number of nitrogens with one attached hydrogen (secondary N) is 1. The van der Waals surface area contributed by atoms with Crippen molar-refractivity contribution in [2.45, 2.75) is 23.6 Å². The van der Waals surface area contributed by atoms with E-state index in [9.17, 15) is 23.1 Å². The lowest BCUT2D eigenvalue weighted by atomic mass is 10.1. The fourth-order valence-electron chi connectivity index (χ4n) is 2.04. The fraction of sp³-hybridized carbons (Fsp3) is 0.222. The lowest BCUT2D eigenvalue weighted by molar-refractivity contribution is -0.137. The topological polar surface area (TPSA) is 73.1 Å². The molecule has 0 fully saturated rings. The van der Waals surface area contributed by atoms with Crippen LogP contribution in [0.25, 0.3) is 0 Å². The molecule has 2 aromatic rings. The van der Waals surface area contributed by atoms with Crippen LogP contribution in [0.1, 0.15) is 18.1 Å². The third kappa shape index (κ3) is 5.85. The zero-order valence-electron chi connectivity index (χ0n) is 14.0. The molecule has 0 heterocycles. The van der Waals surface area contributed by atoms with E-state index in [2.05, 4.69) is 27.9 Å². The number of carbonyl (C=O) groups excluding carboxylic acids is 1. The number of carbonyl (C=O) groups is 1. The standard InChI is InChI=1S/C18H14F3IN2O2S/c1-17(26,10-27-14-6-3-12(22)4-7-14)16(25)24-13-5-2-11(9-23)15(8-13)18(19,20)21/h2-8,26H,10H2,1H3,(H,24,25)/t17-/m1/s1. The molecule has 0 radical (unpaired) electrons. The van der Waals surface area contributed by atoms with Crippen LogP contribution in [0.4, 0.5) is 18.9 Å². The Hall–Kier alpha value is -1.77. The van der Waals surface area contributed by atoms with Crippen molar-refractivity contribution in [2.75, 3.05) is 11.1 Å². The number of alkyl halides is 3. The highest BCUT2D eigenvalue weighted by molar-refractivity contribution is 14.1. The quantitative estimate of drug-likeness (QED) is 0.457. The number of anilines is 1. The highest BCUT2D eigenvalue weighted by Gasteiger charge is 2.35. The summed E-state index contributed by atoms with van der Waals surface area (Å²) in [6, 6.07) is 11.8. The first-order valence-electron chi connectivity index (χ1n) is 7.56. The molecule has 0 aliphatic heterocycles. The van der Waals surface area contributed by atoms with E-state index in [4.69, 9.17) is 5.26 Å². The molecule has 142 valence electrons. The molecule has 0 aliphatic carbocycles. The van der Waals surface area contributed by atoms with Crippen LogP contribution in [0, 0.1) is 14.9 Å². The van der Waals surface area contributed by atoms with Crippen molar-refractivity contribution < 1.29 is 23.1 Å². The minimum absolute atomic E-state index is 0.0157. The number of amides is 1. The van der Waals surface area contributed by atoms with Crippen LogP contribution in [-0.4, -0.2) is 22.4 Å². The van der Waals surface area contributed by atoms with E-state index in [-0.39, 0.29) is 11.4 Å². The summed E-state index contributed by atoms with van der Waals surface area (Å²) < 4.78 is 40.1. The van der Waals surface area contributed by atoms with Crippen LogP contribution in [0.3, 0.4) is 0 Å². The van der Waals surface area contributed by atoms with E-state index in [0.717, 1.165) is 14.5 Å². The zero-order chi connectivity index (χ0) is 20.2. The SMILES string of the molecule is C[C@@](O)(CSc1ccc(I)cc1)C(=O)Nc1ccc(C#N)c(C(F)(F)F)c1. The van der Waals surface area contributed by atoms with Crippen LogP contribution < -0.4 is 5.32 Å². The number of hydrogen-bond donors (Lipinski definition) is 2. The molecule has 1 amide bonds. The molecule has 0 saturated carbocycles. The summed E-state index contributed by atoms with van der Waals surface area (Å²) in [6.45, 7) is 1.29. The zero-order valence-corrected chi connectivity index (χ0v) is 16.9. The first-order valence-corrected chi connectivity index (χ1v) is 9.63. The van der Waals surface area contributed by atoms with Crippen LogP contribution >= 0.6 is 34.4 Å². The van der Waals surface area contributed by atoms with Crippen LogP contribution in [-0.2, 0) is 11.0 Å². The maximum atomic E-state index is 13.0. The van der Waals surface area contributed by atoms with Crippen molar-refractivity contribution in [3.8, 4) is 6.07 Å². The van der Waals surface area contributed by atoms with Crippen LogP contribution in [0.5, 0.6) is 0 Å². The van der Waals surface area contributed by atoms with Crippen molar-refractivity contribution in [1.82, 2.24) is 0 Å². The van der Waals surface area contributed by atoms with E-state index < -0.39 is 28.8 Å². The molecule has 1 atom stereocenters. The van der Waals surface area contributed by atoms with Gasteiger partial charge < -0.3 is 10.4 Å². The molecule has 9 heteroatoms. The molecule has 0 unspecified atom stereocenters. The molecule has 4 nitrogen and oxygen atoms in total. The minimum atomic E-state index is -4.73. The second kappa shape index (κ2) is 8.50. The Labute approximate surface area is 171 Å². The third-order valence-corrected chi connectivity index (χ3v) is 5.56. The molecular weight excluding hydrogens is 492 g/mol. The van der Waals surface area contributed by atoms with Crippen molar-refractivity contribution in [2.24, 2.45) is 0 Å². The van der Waals surface area contributed by atoms with E-state index in [0.29, 0.717) is 6.07 Å². The largest absolute Gasteiger partial charge is 0.417 e. The second-order valence-electron chi connectivity index (χ2n) is 5.84. The number of aliphatic hydroxyl groups is 1. The van der Waals surface area contributed by atoms with Crippen LogP contribution in [0.2, 0.25) is 0 Å². The van der Waals surface area contributed by atoms with Gasteiger partial charge >= 0.3 is 6.18 Å². The summed E-state index contributed by atoms with van der Waals surface area (Å²) >= 11 is 3.41. The van der Waals surface area contributed by atoms with Crippen molar-refractivity contribution in [1.29, 1.82) is 5.26 Å². The first kappa shape index (κ1) is 21.5. The molecule has 0 spiro atoms. The van der Waals surface area contributed by atoms with E-state index >= 15 is 0 Å². The highest BCUT2D eigenvalue weighted by Crippen LogP contribution is 2.34. The number of halogens is 4. The Kier molecular flexibility index (Phi) is 6.77. The lowest BCUT2D eigenvalue weighted by Gasteiger charge is -2.22. The van der Waals surface area contributed by atoms with Gasteiger partial charge in [0.1, 0.15) is 5.60 Å². The lowest BCUT2D eigenvalue weighted by Crippen LogP contribution is -2.42. The summed E-state index contributed by atoms with van der Waals surface area (Å²) in [7, 11) is 0. The summed E-state index contributed by atoms with van der Waals surface area (Å²) in [5.41, 5.74) is -3.64. The molecule has 2 N–H and O–H groups in total. The molecular formula is C18H14F3IN2O2S. The Balaban J connectivity index is 2.11. The van der Waals surface area contributed by atoms with Gasteiger partial charge in [-0.25, -0.2) is 0 Å². The smallest absolute Gasteiger partial charge is 0.379 e. The first-order chi connectivity index (χ1) is 12.5. The van der Waals surface area contributed by atoms with Gasteiger partial charge in [0.2, 0.25) is 0 Å². The summed E-state index contributed by atoms with van der Waals surface area (Å²) in [6.07, 6.45) is -4.73. The number of nitrogens with zero attached hydrogens (tertiary/aromatic N) is 1. The Morgan fingerprint density at radius 1 is 1.26 bits per heavy atom. The van der Waals surface area contributed by atoms with Crippen LogP contribution in [0.15, 0.2) is 47.4 Å². The van der Waals surface area contributed by atoms with Crippen molar-refractivity contribution >= 4 is 45.9 Å². The fourth-order valence-corrected chi connectivity index (χ4v) is 3.31. The monoisotopic (exact) mass is 506 g/mol. The Morgan fingerprint density at radius 2 is 1.89 bits per heavy atom. The number of benzene rings is 2. The van der Waals surface area contributed by atoms with Gasteiger partial charge in [-0.3, -0.25) is 4.79 Å². The maximum Gasteiger partial charge on any atom is 0.417 e. The summed E-state index contributed by atoms with van der Waals surface area (Å²) in [5, 5.41) is 21.5. The molecule has 0 aliphatic rings. The molecule has 0 bridgehead atoms. The summed E-state index contributed by atoms with van der Waals surface area (Å²) in [5.74, 6) is -0.819. The summed E-state index contributed by atoms with van der Waals surface area (Å²) in [4.78, 5) is 13.2. The third-order valence-electron chi connectivity index (χ3n) is 3.53. The predicted molar refractivity (Wildman–Crippen MR) is 105 cm³/mol. The average molecular weight is 506 g/mol. The Bertz CT molecular complexity index is 878. The molecule has 0 aromatic heterocycles. The van der Waals surface area contributed by atoms with Gasteiger partial charge in [-0.2, -0.15) is 18.4 Å². The number of nitriles is 1. The van der Waals surface area contributed by atoms with E-state index in [1.165, 1.54) is 30.8 Å². The molecule has 2 aromatic carbocycles. The second-order valence-corrected chi connectivity index (χ2v) is 8.13.